The van der Waals surface area contributed by atoms with Crippen LogP contribution in [0.1, 0.15) is 53.4 Å². The molecule has 1 aromatic heterocycles. The van der Waals surface area contributed by atoms with Crippen molar-refractivity contribution in [2.75, 3.05) is 5.32 Å². The van der Waals surface area contributed by atoms with E-state index in [1.807, 2.05) is 0 Å². The van der Waals surface area contributed by atoms with Crippen LogP contribution in [0.4, 0.5) is 32.0 Å². The molecule has 0 saturated carbocycles. The Hall–Kier alpha value is -3.90. The summed E-state index contributed by atoms with van der Waals surface area (Å²) in [6, 6.07) is 5.89. The van der Waals surface area contributed by atoms with E-state index in [1.165, 1.54) is 50.2 Å². The Morgan fingerprint density at radius 2 is 1.71 bits per heavy atom. The van der Waals surface area contributed by atoms with Crippen molar-refractivity contribution in [2.45, 2.75) is 58.4 Å². The summed E-state index contributed by atoms with van der Waals surface area (Å²) in [7, 11) is 0. The van der Waals surface area contributed by atoms with Gasteiger partial charge in [-0.1, -0.05) is 13.0 Å². The van der Waals surface area contributed by atoms with Gasteiger partial charge in [0, 0.05) is 37.2 Å². The Balaban J connectivity index is 2.01. The van der Waals surface area contributed by atoms with Crippen LogP contribution in [0.25, 0.3) is 5.69 Å². The fourth-order valence-corrected chi connectivity index (χ4v) is 4.01. The van der Waals surface area contributed by atoms with E-state index in [-0.39, 0.29) is 48.2 Å². The molecule has 0 radical (unpaired) electrons. The minimum absolute atomic E-state index is 0.0204. The number of halogens is 6. The fourth-order valence-electron chi connectivity index (χ4n) is 4.01. The van der Waals surface area contributed by atoms with Crippen LogP contribution in [0, 0.1) is 6.92 Å². The standard InChI is InChI=1S/C25H25F6N5O2/c1-5-16-10-19(24(28,23(4,26)27)25(29,30)31)8-14(2)21(16)35-22(38)17-6-7-20(36-13-32-12-34-36)18(9-17)11-33-15(3)37/h6-10,12-13H,5,11H2,1-4H3,(H,33,37)(H,35,38)/t24-/m1/s1. The van der Waals surface area contributed by atoms with Crippen LogP contribution in [0.2, 0.25) is 0 Å². The van der Waals surface area contributed by atoms with Gasteiger partial charge in [-0.25, -0.2) is 22.8 Å². The first-order valence-corrected chi connectivity index (χ1v) is 11.4. The molecular weight excluding hydrogens is 516 g/mol. The van der Waals surface area contributed by atoms with Crippen molar-refractivity contribution in [1.82, 2.24) is 20.1 Å². The summed E-state index contributed by atoms with van der Waals surface area (Å²) < 4.78 is 84.9. The van der Waals surface area contributed by atoms with Gasteiger partial charge in [0.25, 0.3) is 17.5 Å². The van der Waals surface area contributed by atoms with Gasteiger partial charge >= 0.3 is 6.18 Å². The van der Waals surface area contributed by atoms with Gasteiger partial charge in [0.05, 0.1) is 5.69 Å². The van der Waals surface area contributed by atoms with Crippen molar-refractivity contribution in [1.29, 1.82) is 0 Å². The van der Waals surface area contributed by atoms with E-state index in [9.17, 15) is 31.5 Å². The summed E-state index contributed by atoms with van der Waals surface area (Å²) in [5.74, 6) is -5.73. The highest BCUT2D eigenvalue weighted by molar-refractivity contribution is 6.05. The first-order chi connectivity index (χ1) is 17.6. The van der Waals surface area contributed by atoms with Gasteiger partial charge in [-0.2, -0.15) is 18.3 Å². The van der Waals surface area contributed by atoms with Crippen molar-refractivity contribution in [3.8, 4) is 5.69 Å². The lowest BCUT2D eigenvalue weighted by molar-refractivity contribution is -0.304. The fraction of sp³-hybridized carbons (Fsp3) is 0.360. The zero-order valence-corrected chi connectivity index (χ0v) is 20.9. The molecule has 0 aliphatic heterocycles. The highest BCUT2D eigenvalue weighted by Gasteiger charge is 2.70. The molecule has 3 rings (SSSR count). The number of rotatable bonds is 8. The molecule has 0 aliphatic carbocycles. The Bertz CT molecular complexity index is 1320. The van der Waals surface area contributed by atoms with Crippen LogP contribution in [0.15, 0.2) is 43.0 Å². The molecule has 1 heterocycles. The quantitative estimate of drug-likeness (QED) is 0.374. The lowest BCUT2D eigenvalue weighted by Gasteiger charge is -2.34. The number of aryl methyl sites for hydroxylation is 2. The number of nitrogens with zero attached hydrogens (tertiary/aromatic N) is 3. The summed E-state index contributed by atoms with van der Waals surface area (Å²) in [6.07, 6.45) is -3.13. The number of nitrogens with one attached hydrogen (secondary N) is 2. The Morgan fingerprint density at radius 1 is 1.03 bits per heavy atom. The van der Waals surface area contributed by atoms with Crippen molar-refractivity contribution < 1.29 is 35.9 Å². The smallest absolute Gasteiger partial charge is 0.352 e. The molecule has 0 unspecified atom stereocenters. The second kappa shape index (κ2) is 10.5. The Kier molecular flexibility index (Phi) is 7.89. The van der Waals surface area contributed by atoms with Crippen molar-refractivity contribution in [3.05, 3.63) is 70.8 Å². The molecule has 0 saturated heterocycles. The minimum Gasteiger partial charge on any atom is -0.352 e. The summed E-state index contributed by atoms with van der Waals surface area (Å²) >= 11 is 0. The average molecular weight is 541 g/mol. The summed E-state index contributed by atoms with van der Waals surface area (Å²) in [4.78, 5) is 28.4. The second-order valence-corrected chi connectivity index (χ2v) is 8.77. The first-order valence-electron chi connectivity index (χ1n) is 11.4. The van der Waals surface area contributed by atoms with Crippen LogP contribution < -0.4 is 10.6 Å². The predicted molar refractivity (Wildman–Crippen MR) is 127 cm³/mol. The molecule has 38 heavy (non-hydrogen) atoms. The summed E-state index contributed by atoms with van der Waals surface area (Å²) in [5, 5.41) is 9.27. The molecule has 2 N–H and O–H groups in total. The number of amides is 2. The Labute approximate surface area is 214 Å². The highest BCUT2D eigenvalue weighted by Crippen LogP contribution is 2.53. The van der Waals surface area contributed by atoms with Gasteiger partial charge in [-0.05, 0) is 54.3 Å². The largest absolute Gasteiger partial charge is 0.432 e. The van der Waals surface area contributed by atoms with E-state index in [1.54, 1.807) is 6.07 Å². The maximum absolute atomic E-state index is 15.0. The number of alkyl halides is 6. The van der Waals surface area contributed by atoms with Crippen LogP contribution in [0.5, 0.6) is 0 Å². The van der Waals surface area contributed by atoms with Crippen LogP contribution in [-0.4, -0.2) is 38.7 Å². The van der Waals surface area contributed by atoms with Crippen molar-refractivity contribution in [2.24, 2.45) is 0 Å². The van der Waals surface area contributed by atoms with Crippen molar-refractivity contribution in [3.63, 3.8) is 0 Å². The van der Waals surface area contributed by atoms with E-state index >= 15 is 4.39 Å². The molecule has 0 fully saturated rings. The molecule has 13 heteroatoms. The zero-order chi connectivity index (χ0) is 28.5. The number of hydrogen-bond donors (Lipinski definition) is 2. The van der Waals surface area contributed by atoms with Crippen molar-refractivity contribution >= 4 is 17.5 Å². The number of anilines is 1. The monoisotopic (exact) mass is 541 g/mol. The normalized spacial score (nSPS) is 13.6. The van der Waals surface area contributed by atoms with Gasteiger partial charge in [-0.15, -0.1) is 0 Å². The molecular formula is C25H25F6N5O2. The van der Waals surface area contributed by atoms with E-state index in [0.717, 1.165) is 0 Å². The van der Waals surface area contributed by atoms with Gasteiger partial charge in [0.2, 0.25) is 5.91 Å². The third-order valence-corrected chi connectivity index (χ3v) is 5.96. The van der Waals surface area contributed by atoms with E-state index < -0.39 is 29.2 Å². The molecule has 0 aliphatic rings. The van der Waals surface area contributed by atoms with Gasteiger partial charge < -0.3 is 10.6 Å². The average Bonchev–Trinajstić information content (AvgIpc) is 3.36. The van der Waals surface area contributed by atoms with Gasteiger partial charge in [0.15, 0.2) is 0 Å². The van der Waals surface area contributed by atoms with E-state index in [0.29, 0.717) is 23.4 Å². The maximum Gasteiger partial charge on any atom is 0.432 e. The molecule has 2 aromatic carbocycles. The van der Waals surface area contributed by atoms with E-state index in [2.05, 4.69) is 20.7 Å². The topological polar surface area (TPSA) is 88.9 Å². The van der Waals surface area contributed by atoms with Crippen LogP contribution in [-0.2, 0) is 23.4 Å². The zero-order valence-electron chi connectivity index (χ0n) is 20.9. The summed E-state index contributed by atoms with van der Waals surface area (Å²) in [6.45, 7) is 4.08. The second-order valence-electron chi connectivity index (χ2n) is 8.77. The van der Waals surface area contributed by atoms with Gasteiger partial charge in [0.1, 0.15) is 12.7 Å². The molecule has 3 aromatic rings. The first kappa shape index (κ1) is 28.7. The van der Waals surface area contributed by atoms with Crippen LogP contribution in [0.3, 0.4) is 0 Å². The molecule has 1 atom stereocenters. The lowest BCUT2D eigenvalue weighted by atomic mass is 9.86. The summed E-state index contributed by atoms with van der Waals surface area (Å²) in [5.41, 5.74) is -4.90. The van der Waals surface area contributed by atoms with Gasteiger partial charge in [-0.3, -0.25) is 9.59 Å². The molecule has 0 bridgehead atoms. The third-order valence-electron chi connectivity index (χ3n) is 5.96. The number of benzene rings is 2. The predicted octanol–water partition coefficient (Wildman–Crippen LogP) is 5.41. The van der Waals surface area contributed by atoms with E-state index in [4.69, 9.17) is 0 Å². The lowest BCUT2D eigenvalue weighted by Crippen LogP contribution is -2.51. The molecule has 7 nitrogen and oxygen atoms in total. The molecule has 204 valence electrons. The third kappa shape index (κ3) is 5.50. The number of carbonyl (C=O) groups excluding carboxylic acids is 2. The van der Waals surface area contributed by atoms with Crippen LogP contribution >= 0.6 is 0 Å². The SMILES string of the molecule is CCc1cc([C@@](F)(C(C)(F)F)C(F)(F)F)cc(C)c1NC(=O)c1ccc(-n2cncn2)c(CNC(C)=O)c1. The molecule has 2 amide bonds. The highest BCUT2D eigenvalue weighted by atomic mass is 19.4. The number of hydrogen-bond acceptors (Lipinski definition) is 4. The molecule has 0 spiro atoms. The Morgan fingerprint density at radius 3 is 2.24 bits per heavy atom. The number of carbonyl (C=O) groups is 2. The maximum atomic E-state index is 15.0. The number of aromatic nitrogens is 3. The minimum atomic E-state index is -5.89.